The predicted octanol–water partition coefficient (Wildman–Crippen LogP) is 20.2. The molecule has 2 heteroatoms. The first-order valence-corrected chi connectivity index (χ1v) is 25.7. The summed E-state index contributed by atoms with van der Waals surface area (Å²) in [5.74, 6) is 3.19. The zero-order chi connectivity index (χ0) is 50.8. The third-order valence-corrected chi connectivity index (χ3v) is 14.0. The number of benzene rings is 10. The van der Waals surface area contributed by atoms with Crippen molar-refractivity contribution in [1.29, 1.82) is 0 Å². The Bertz CT molecular complexity index is 3690. The van der Waals surface area contributed by atoms with E-state index in [1.54, 1.807) is 0 Å². The van der Waals surface area contributed by atoms with Gasteiger partial charge in [-0.3, -0.25) is 0 Å². The molecule has 0 heterocycles. The van der Waals surface area contributed by atoms with Crippen LogP contribution in [0.15, 0.2) is 297 Å². The first-order valence-electron chi connectivity index (χ1n) is 25.7. The maximum Gasteiger partial charge on any atom is 0.0473 e. The van der Waals surface area contributed by atoms with Crippen molar-refractivity contribution in [2.45, 2.75) is 19.3 Å². The summed E-state index contributed by atoms with van der Waals surface area (Å²) in [7, 11) is 0. The third-order valence-electron chi connectivity index (χ3n) is 14.0. The number of rotatable bonds is 14. The largest absolute Gasteiger partial charge is 0.311 e. The molecule has 0 aromatic heterocycles. The molecule has 0 aliphatic heterocycles. The fourth-order valence-electron chi connectivity index (χ4n) is 10.1. The highest BCUT2D eigenvalue weighted by Crippen LogP contribution is 2.42. The Balaban J connectivity index is 0.942. The predicted molar refractivity (Wildman–Crippen MR) is 320 cm³/mol. The van der Waals surface area contributed by atoms with Gasteiger partial charge in [-0.1, -0.05) is 218 Å². The normalized spacial score (nSPS) is 13.1. The van der Waals surface area contributed by atoms with Crippen LogP contribution in [0.5, 0.6) is 0 Å². The average molecular weight is 961 g/mol. The van der Waals surface area contributed by atoms with E-state index in [4.69, 9.17) is 6.42 Å². The lowest BCUT2D eigenvalue weighted by Gasteiger charge is -2.27. The SMILES string of the molecule is C#C/C=C(\C=C/C)c1cc(-c2ccccc2)cc(N(c2ccc(-c3ccccc3)cc2)c2ccc(-c3ccc(N(c4ccc(-c5ccccc5)cc4)c4ccc(-c5cccc(C6C=CC=CC6)c5)cc4)cc3)cc2)c1. The van der Waals surface area contributed by atoms with Gasteiger partial charge in [-0.15, -0.1) is 6.42 Å². The van der Waals surface area contributed by atoms with Crippen LogP contribution in [-0.4, -0.2) is 0 Å². The molecular weight excluding hydrogens is 905 g/mol. The van der Waals surface area contributed by atoms with Gasteiger partial charge in [-0.2, -0.15) is 0 Å². The molecule has 0 spiro atoms. The number of nitrogens with zero attached hydrogens (tertiary/aromatic N) is 2. The van der Waals surface area contributed by atoms with Crippen molar-refractivity contribution in [2.24, 2.45) is 0 Å². The third kappa shape index (κ3) is 10.8. The monoisotopic (exact) mass is 960 g/mol. The summed E-state index contributed by atoms with van der Waals surface area (Å²) < 4.78 is 0. The van der Waals surface area contributed by atoms with Crippen LogP contribution < -0.4 is 9.80 Å². The van der Waals surface area contributed by atoms with E-state index in [1.165, 1.54) is 33.4 Å². The second kappa shape index (κ2) is 22.4. The van der Waals surface area contributed by atoms with E-state index >= 15 is 0 Å². The lowest BCUT2D eigenvalue weighted by Crippen LogP contribution is -2.10. The van der Waals surface area contributed by atoms with E-state index in [9.17, 15) is 0 Å². The van der Waals surface area contributed by atoms with Crippen LogP contribution in [0.3, 0.4) is 0 Å². The summed E-state index contributed by atoms with van der Waals surface area (Å²) in [5, 5.41) is 0. The molecule has 1 atom stereocenters. The summed E-state index contributed by atoms with van der Waals surface area (Å²) in [4.78, 5) is 4.69. The average Bonchev–Trinajstić information content (AvgIpc) is 3.49. The van der Waals surface area contributed by atoms with Crippen LogP contribution in [0.1, 0.15) is 30.4 Å². The van der Waals surface area contributed by atoms with Crippen molar-refractivity contribution < 1.29 is 0 Å². The summed E-state index contributed by atoms with van der Waals surface area (Å²) in [6.45, 7) is 2.02. The molecular formula is C73H56N2. The van der Waals surface area contributed by atoms with Crippen LogP contribution >= 0.6 is 0 Å². The molecule has 0 saturated carbocycles. The van der Waals surface area contributed by atoms with Gasteiger partial charge in [0.05, 0.1) is 0 Å². The van der Waals surface area contributed by atoms with Crippen molar-refractivity contribution in [3.8, 4) is 68.0 Å². The first kappa shape index (κ1) is 47.6. The standard InChI is InChI=1S/C73H56N2/c1-3-18-54(19-4-2)66-51-67(58-26-15-8-16-27-58)53-73(52-66)75(71-44-32-60(33-45-71)56-22-11-6-12-23-56)72-46-36-62(37-47-72)61-34-42-69(43-35-61)74(68-40-30-59(31-41-68)55-20-9-5-10-21-55)70-48-38-63(39-49-70)65-29-17-28-64(50-65)57-24-13-7-14-25-57/h1,4-24,26-53,57H,25H2,2H3/b19-4-,54-18+. The van der Waals surface area contributed by atoms with Gasteiger partial charge in [-0.05, 0) is 171 Å². The molecule has 10 aromatic rings. The molecule has 2 nitrogen and oxygen atoms in total. The number of hydrogen-bond donors (Lipinski definition) is 0. The maximum atomic E-state index is 5.92. The van der Waals surface area contributed by atoms with Gasteiger partial charge < -0.3 is 9.80 Å². The minimum atomic E-state index is 0.402. The van der Waals surface area contributed by atoms with Crippen molar-refractivity contribution in [2.75, 3.05) is 9.80 Å². The molecule has 358 valence electrons. The number of allylic oxidation sites excluding steroid dienone is 8. The van der Waals surface area contributed by atoms with Gasteiger partial charge >= 0.3 is 0 Å². The van der Waals surface area contributed by atoms with Gasteiger partial charge in [0.1, 0.15) is 0 Å². The molecule has 0 amide bonds. The Morgan fingerprint density at radius 3 is 1.21 bits per heavy atom. The van der Waals surface area contributed by atoms with E-state index in [0.717, 1.165) is 79.5 Å². The molecule has 11 rings (SSSR count). The van der Waals surface area contributed by atoms with Crippen LogP contribution in [0.25, 0.3) is 61.2 Å². The Kier molecular flexibility index (Phi) is 14.2. The molecule has 0 bridgehead atoms. The Morgan fingerprint density at radius 2 is 0.800 bits per heavy atom. The zero-order valence-electron chi connectivity index (χ0n) is 42.0. The molecule has 1 aliphatic carbocycles. The van der Waals surface area contributed by atoms with Crippen LogP contribution in [0.4, 0.5) is 34.1 Å². The lowest BCUT2D eigenvalue weighted by molar-refractivity contribution is 0.854. The molecule has 0 fully saturated rings. The topological polar surface area (TPSA) is 6.48 Å². The summed E-state index contributed by atoms with van der Waals surface area (Å²) in [5.41, 5.74) is 21.3. The highest BCUT2D eigenvalue weighted by Gasteiger charge is 2.19. The van der Waals surface area contributed by atoms with E-state index in [0.29, 0.717) is 5.92 Å². The second-order valence-corrected chi connectivity index (χ2v) is 18.8. The molecule has 10 aromatic carbocycles. The van der Waals surface area contributed by atoms with Gasteiger partial charge in [0.15, 0.2) is 0 Å². The molecule has 1 aliphatic rings. The summed E-state index contributed by atoms with van der Waals surface area (Å²) in [6.07, 6.45) is 21.8. The smallest absolute Gasteiger partial charge is 0.0473 e. The molecule has 0 radical (unpaired) electrons. The minimum Gasteiger partial charge on any atom is -0.311 e. The van der Waals surface area contributed by atoms with Crippen molar-refractivity contribution in [3.63, 3.8) is 0 Å². The zero-order valence-corrected chi connectivity index (χ0v) is 42.0. The van der Waals surface area contributed by atoms with Crippen molar-refractivity contribution >= 4 is 39.7 Å². The van der Waals surface area contributed by atoms with Gasteiger partial charge in [0, 0.05) is 40.0 Å². The maximum absolute atomic E-state index is 5.92. The summed E-state index contributed by atoms with van der Waals surface area (Å²) >= 11 is 0. The van der Waals surface area contributed by atoms with Gasteiger partial charge in [-0.25, -0.2) is 0 Å². The Labute approximate surface area is 442 Å². The molecule has 0 N–H and O–H groups in total. The number of terminal acetylenes is 1. The highest BCUT2D eigenvalue weighted by atomic mass is 15.1. The van der Waals surface area contributed by atoms with Crippen molar-refractivity contribution in [3.05, 3.63) is 308 Å². The number of anilines is 6. The second-order valence-electron chi connectivity index (χ2n) is 18.8. The molecule has 1 unspecified atom stereocenters. The van der Waals surface area contributed by atoms with Gasteiger partial charge in [0.25, 0.3) is 0 Å². The minimum absolute atomic E-state index is 0.402. The number of hydrogen-bond acceptors (Lipinski definition) is 2. The fraction of sp³-hybridized carbons (Fsp3) is 0.0411. The highest BCUT2D eigenvalue weighted by molar-refractivity contribution is 5.88. The lowest BCUT2D eigenvalue weighted by atomic mass is 9.90. The van der Waals surface area contributed by atoms with Crippen LogP contribution in [0.2, 0.25) is 0 Å². The Hall–Kier alpha value is -9.68. The Morgan fingerprint density at radius 1 is 0.400 bits per heavy atom. The van der Waals surface area contributed by atoms with E-state index in [1.807, 2.05) is 19.1 Å². The van der Waals surface area contributed by atoms with E-state index in [2.05, 4.69) is 301 Å². The quantitative estimate of drug-likeness (QED) is 0.0791. The summed E-state index contributed by atoms with van der Waals surface area (Å²) in [6, 6.07) is 92.0. The van der Waals surface area contributed by atoms with E-state index < -0.39 is 0 Å². The molecule has 0 saturated heterocycles. The first-order chi connectivity index (χ1) is 37.1. The fourth-order valence-corrected chi connectivity index (χ4v) is 10.1. The molecule has 75 heavy (non-hydrogen) atoms. The van der Waals surface area contributed by atoms with Crippen molar-refractivity contribution in [1.82, 2.24) is 0 Å². The van der Waals surface area contributed by atoms with Crippen LogP contribution in [0, 0.1) is 12.3 Å². The van der Waals surface area contributed by atoms with Gasteiger partial charge in [0.2, 0.25) is 0 Å². The van der Waals surface area contributed by atoms with Crippen LogP contribution in [-0.2, 0) is 0 Å². The van der Waals surface area contributed by atoms with E-state index in [-0.39, 0.29) is 0 Å².